The number of nitrogens with zero attached hydrogens (tertiary/aromatic N) is 2. The van der Waals surface area contributed by atoms with Crippen LogP contribution in [0.4, 0.5) is 0 Å². The van der Waals surface area contributed by atoms with E-state index in [2.05, 4.69) is 20.9 Å². The summed E-state index contributed by atoms with van der Waals surface area (Å²) in [7, 11) is 3.39. The monoisotopic (exact) mass is 348 g/mol. The molecule has 0 aliphatic heterocycles. The Morgan fingerprint density at radius 1 is 1.38 bits per heavy atom. The molecule has 1 aromatic heterocycles. The molecule has 0 saturated carbocycles. The minimum atomic E-state index is -0.0554. The van der Waals surface area contributed by atoms with Crippen molar-refractivity contribution in [3.63, 3.8) is 0 Å². The minimum Gasteiger partial charge on any atom is -0.497 e. The van der Waals surface area contributed by atoms with Gasteiger partial charge in [-0.15, -0.1) is 0 Å². The molecule has 1 amide bonds. The van der Waals surface area contributed by atoms with Crippen molar-refractivity contribution in [2.45, 2.75) is 13.0 Å². The first-order chi connectivity index (χ1) is 10.0. The van der Waals surface area contributed by atoms with Crippen molar-refractivity contribution in [2.24, 2.45) is 0 Å². The van der Waals surface area contributed by atoms with Crippen LogP contribution in [0, 0.1) is 0 Å². The zero-order valence-electron chi connectivity index (χ0n) is 12.2. The van der Waals surface area contributed by atoms with Crippen LogP contribution in [0.5, 0.6) is 5.75 Å². The first-order valence-electron chi connectivity index (χ1n) is 6.55. The molecule has 110 valence electrons. The molecule has 2 aromatic rings. The van der Waals surface area contributed by atoms with Crippen molar-refractivity contribution in [1.29, 1.82) is 0 Å². The van der Waals surface area contributed by atoms with Gasteiger partial charge in [0.05, 0.1) is 18.7 Å². The number of pyridine rings is 1. The van der Waals surface area contributed by atoms with Crippen molar-refractivity contribution in [2.75, 3.05) is 14.2 Å². The van der Waals surface area contributed by atoms with Crippen LogP contribution in [0.3, 0.4) is 0 Å². The van der Waals surface area contributed by atoms with E-state index >= 15 is 0 Å². The quantitative estimate of drug-likeness (QED) is 0.846. The fraction of sp³-hybridized carbons (Fsp3) is 0.250. The van der Waals surface area contributed by atoms with Crippen LogP contribution in [0.1, 0.15) is 28.9 Å². The highest BCUT2D eigenvalue weighted by molar-refractivity contribution is 9.10. The number of carbonyl (C=O) groups is 1. The first-order valence-corrected chi connectivity index (χ1v) is 7.34. The van der Waals surface area contributed by atoms with Crippen LogP contribution in [0.2, 0.25) is 0 Å². The summed E-state index contributed by atoms with van der Waals surface area (Å²) < 4.78 is 5.86. The average Bonchev–Trinajstić information content (AvgIpc) is 2.53. The number of aromatic nitrogens is 1. The van der Waals surface area contributed by atoms with E-state index in [1.54, 1.807) is 49.7 Å². The van der Waals surface area contributed by atoms with E-state index in [4.69, 9.17) is 4.74 Å². The van der Waals surface area contributed by atoms with E-state index in [0.717, 1.165) is 10.0 Å². The molecule has 5 heteroatoms. The van der Waals surface area contributed by atoms with Crippen LogP contribution >= 0.6 is 15.9 Å². The molecule has 2 rings (SSSR count). The largest absolute Gasteiger partial charge is 0.497 e. The molecule has 0 aliphatic carbocycles. The lowest BCUT2D eigenvalue weighted by Gasteiger charge is -2.25. The van der Waals surface area contributed by atoms with Crippen molar-refractivity contribution in [3.8, 4) is 5.75 Å². The Kier molecular flexibility index (Phi) is 4.96. The summed E-state index contributed by atoms with van der Waals surface area (Å²) in [5.74, 6) is 0.655. The Bertz CT molecular complexity index is 631. The number of benzene rings is 1. The lowest BCUT2D eigenvalue weighted by molar-refractivity contribution is 0.0741. The molecule has 1 unspecified atom stereocenters. The highest BCUT2D eigenvalue weighted by Gasteiger charge is 2.21. The molecule has 21 heavy (non-hydrogen) atoms. The van der Waals surface area contributed by atoms with Gasteiger partial charge in [0.15, 0.2) is 0 Å². The van der Waals surface area contributed by atoms with Gasteiger partial charge in [-0.3, -0.25) is 9.78 Å². The Hall–Kier alpha value is -1.88. The summed E-state index contributed by atoms with van der Waals surface area (Å²) in [6.45, 7) is 1.98. The molecule has 0 spiro atoms. The van der Waals surface area contributed by atoms with Crippen LogP contribution in [-0.2, 0) is 0 Å². The van der Waals surface area contributed by atoms with Crippen molar-refractivity contribution < 1.29 is 9.53 Å². The number of rotatable bonds is 4. The zero-order chi connectivity index (χ0) is 15.4. The van der Waals surface area contributed by atoms with E-state index in [1.807, 2.05) is 19.1 Å². The molecule has 0 fully saturated rings. The van der Waals surface area contributed by atoms with Gasteiger partial charge in [0.1, 0.15) is 5.75 Å². The zero-order valence-corrected chi connectivity index (χ0v) is 13.8. The molecule has 0 saturated heterocycles. The van der Waals surface area contributed by atoms with Crippen LogP contribution < -0.4 is 4.74 Å². The van der Waals surface area contributed by atoms with Gasteiger partial charge in [0, 0.05) is 23.9 Å². The van der Waals surface area contributed by atoms with Gasteiger partial charge < -0.3 is 9.64 Å². The maximum absolute atomic E-state index is 12.6. The normalized spacial score (nSPS) is 11.8. The summed E-state index contributed by atoms with van der Waals surface area (Å²) in [6, 6.07) is 9.10. The standard InChI is InChI=1S/C16H17BrN2O2/c1-11(12-5-4-8-18-10-12)19(2)16(20)14-7-6-13(21-3)9-15(14)17/h4-11H,1-3H3. The fourth-order valence-electron chi connectivity index (χ4n) is 2.01. The first kappa shape index (κ1) is 15.5. The Morgan fingerprint density at radius 2 is 2.14 bits per heavy atom. The summed E-state index contributed by atoms with van der Waals surface area (Å²) in [5.41, 5.74) is 1.60. The third-order valence-electron chi connectivity index (χ3n) is 3.47. The summed E-state index contributed by atoms with van der Waals surface area (Å²) in [5, 5.41) is 0. The molecule has 1 heterocycles. The van der Waals surface area contributed by atoms with E-state index in [9.17, 15) is 4.79 Å². The van der Waals surface area contributed by atoms with Crippen LogP contribution in [0.25, 0.3) is 0 Å². The predicted octanol–water partition coefficient (Wildman–Crippen LogP) is 3.69. The van der Waals surface area contributed by atoms with E-state index < -0.39 is 0 Å². The lowest BCUT2D eigenvalue weighted by atomic mass is 10.1. The number of amides is 1. The molecule has 1 atom stereocenters. The van der Waals surface area contributed by atoms with Gasteiger partial charge in [-0.1, -0.05) is 6.07 Å². The third kappa shape index (κ3) is 3.42. The number of methoxy groups -OCH3 is 1. The SMILES string of the molecule is COc1ccc(C(=O)N(C)C(C)c2cccnc2)c(Br)c1. The molecular formula is C16H17BrN2O2. The molecule has 0 radical (unpaired) electrons. The van der Waals surface area contributed by atoms with Gasteiger partial charge in [-0.25, -0.2) is 0 Å². The van der Waals surface area contributed by atoms with Gasteiger partial charge in [-0.2, -0.15) is 0 Å². The Morgan fingerprint density at radius 3 is 2.71 bits per heavy atom. The molecular weight excluding hydrogens is 332 g/mol. The summed E-state index contributed by atoms with van der Waals surface area (Å²) >= 11 is 3.42. The van der Waals surface area contributed by atoms with Crippen LogP contribution in [0.15, 0.2) is 47.2 Å². The number of halogens is 1. The number of ether oxygens (including phenoxy) is 1. The average molecular weight is 349 g/mol. The second-order valence-corrected chi connectivity index (χ2v) is 5.58. The topological polar surface area (TPSA) is 42.4 Å². The summed E-state index contributed by atoms with van der Waals surface area (Å²) in [4.78, 5) is 18.4. The minimum absolute atomic E-state index is 0.0547. The second kappa shape index (κ2) is 6.72. The van der Waals surface area contributed by atoms with E-state index in [0.29, 0.717) is 11.3 Å². The van der Waals surface area contributed by atoms with Crippen molar-refractivity contribution in [3.05, 3.63) is 58.3 Å². The molecule has 4 nitrogen and oxygen atoms in total. The maximum atomic E-state index is 12.6. The molecule has 1 aromatic carbocycles. The van der Waals surface area contributed by atoms with E-state index in [1.165, 1.54) is 0 Å². The Balaban J connectivity index is 2.23. The number of hydrogen-bond acceptors (Lipinski definition) is 3. The van der Waals surface area contributed by atoms with Crippen molar-refractivity contribution in [1.82, 2.24) is 9.88 Å². The van der Waals surface area contributed by atoms with Gasteiger partial charge in [-0.05, 0) is 52.7 Å². The fourth-order valence-corrected chi connectivity index (χ4v) is 2.54. The van der Waals surface area contributed by atoms with Gasteiger partial charge >= 0.3 is 0 Å². The smallest absolute Gasteiger partial charge is 0.255 e. The lowest BCUT2D eigenvalue weighted by Crippen LogP contribution is -2.30. The van der Waals surface area contributed by atoms with Gasteiger partial charge in [0.2, 0.25) is 0 Å². The molecule has 0 N–H and O–H groups in total. The summed E-state index contributed by atoms with van der Waals surface area (Å²) in [6.07, 6.45) is 3.50. The second-order valence-electron chi connectivity index (χ2n) is 4.72. The maximum Gasteiger partial charge on any atom is 0.255 e. The van der Waals surface area contributed by atoms with Gasteiger partial charge in [0.25, 0.3) is 5.91 Å². The predicted molar refractivity (Wildman–Crippen MR) is 85.4 cm³/mol. The number of hydrogen-bond donors (Lipinski definition) is 0. The highest BCUT2D eigenvalue weighted by Crippen LogP contribution is 2.26. The van der Waals surface area contributed by atoms with Crippen LogP contribution in [-0.4, -0.2) is 29.9 Å². The molecule has 0 aliphatic rings. The van der Waals surface area contributed by atoms with Crippen molar-refractivity contribution >= 4 is 21.8 Å². The third-order valence-corrected chi connectivity index (χ3v) is 4.13. The Labute approximate surface area is 132 Å². The van der Waals surface area contributed by atoms with E-state index in [-0.39, 0.29) is 11.9 Å². The highest BCUT2D eigenvalue weighted by atomic mass is 79.9. The number of carbonyl (C=O) groups excluding carboxylic acids is 1. The molecule has 0 bridgehead atoms.